The van der Waals surface area contributed by atoms with Crippen LogP contribution < -0.4 is 5.46 Å². The van der Waals surface area contributed by atoms with Gasteiger partial charge in [-0.3, -0.25) is 4.90 Å². The summed E-state index contributed by atoms with van der Waals surface area (Å²) in [5.41, 5.74) is 0.855. The zero-order valence-corrected chi connectivity index (χ0v) is 12.1. The number of likely N-dealkylation sites (N-methyl/N-ethyl adjacent to an activating group) is 1. The molecule has 1 heterocycles. The maximum atomic E-state index is 13.5. The molecule has 0 saturated carbocycles. The van der Waals surface area contributed by atoms with Gasteiger partial charge < -0.3 is 14.9 Å². The smallest absolute Gasteiger partial charge is 0.423 e. The molecule has 1 saturated heterocycles. The molecule has 1 unspecified atom stereocenters. The molecule has 1 aromatic rings. The molecule has 1 fully saturated rings. The Labute approximate surface area is 120 Å². The Morgan fingerprint density at radius 2 is 2.10 bits per heavy atom. The second-order valence-corrected chi connectivity index (χ2v) is 5.66. The fourth-order valence-electron chi connectivity index (χ4n) is 2.78. The first kappa shape index (κ1) is 15.4. The largest absolute Gasteiger partial charge is 0.491 e. The van der Waals surface area contributed by atoms with E-state index in [1.165, 1.54) is 6.07 Å². The van der Waals surface area contributed by atoms with Crippen LogP contribution in [0.1, 0.15) is 18.9 Å². The highest BCUT2D eigenvalue weighted by Gasteiger charge is 2.21. The van der Waals surface area contributed by atoms with Gasteiger partial charge in [-0.25, -0.2) is 4.39 Å². The van der Waals surface area contributed by atoms with Crippen molar-refractivity contribution in [1.82, 2.24) is 9.80 Å². The van der Waals surface area contributed by atoms with E-state index in [4.69, 9.17) is 10.0 Å². The Morgan fingerprint density at radius 3 is 2.80 bits per heavy atom. The van der Waals surface area contributed by atoms with Gasteiger partial charge in [-0.2, -0.15) is 0 Å². The fraction of sp³-hybridized carbons (Fsp3) is 0.571. The molecule has 6 heteroatoms. The third-order valence-electron chi connectivity index (χ3n) is 3.91. The number of hydrogen-bond acceptors (Lipinski definition) is 4. The van der Waals surface area contributed by atoms with E-state index >= 15 is 0 Å². The van der Waals surface area contributed by atoms with Crippen LogP contribution in [0, 0.1) is 5.82 Å². The van der Waals surface area contributed by atoms with Crippen molar-refractivity contribution in [3.05, 3.63) is 29.6 Å². The molecule has 110 valence electrons. The summed E-state index contributed by atoms with van der Waals surface area (Å²) in [6.45, 7) is 5.99. The third kappa shape index (κ3) is 3.79. The van der Waals surface area contributed by atoms with Crippen LogP contribution in [0.2, 0.25) is 0 Å². The molecule has 1 aliphatic rings. The molecular formula is C14H22BFN2O2. The number of hydrogen-bond donors (Lipinski definition) is 2. The summed E-state index contributed by atoms with van der Waals surface area (Å²) in [6, 6.07) is 4.98. The molecule has 0 amide bonds. The summed E-state index contributed by atoms with van der Waals surface area (Å²) >= 11 is 0. The number of nitrogens with zero attached hydrogens (tertiary/aromatic N) is 2. The van der Waals surface area contributed by atoms with Crippen molar-refractivity contribution in [1.29, 1.82) is 0 Å². The van der Waals surface area contributed by atoms with Crippen molar-refractivity contribution in [3.8, 4) is 0 Å². The van der Waals surface area contributed by atoms with Crippen molar-refractivity contribution in [2.24, 2.45) is 0 Å². The summed E-state index contributed by atoms with van der Waals surface area (Å²) in [4.78, 5) is 4.67. The lowest BCUT2D eigenvalue weighted by atomic mass is 9.79. The average molecular weight is 280 g/mol. The van der Waals surface area contributed by atoms with Crippen LogP contribution in [0.3, 0.4) is 0 Å². The van der Waals surface area contributed by atoms with E-state index in [0.29, 0.717) is 12.6 Å². The van der Waals surface area contributed by atoms with Crippen molar-refractivity contribution in [3.63, 3.8) is 0 Å². The first-order valence-corrected chi connectivity index (χ1v) is 7.04. The Bertz CT molecular complexity index is 459. The van der Waals surface area contributed by atoms with Gasteiger partial charge in [0.1, 0.15) is 5.82 Å². The minimum absolute atomic E-state index is 0.0536. The summed E-state index contributed by atoms with van der Waals surface area (Å²) in [5, 5.41) is 18.3. The predicted octanol–water partition coefficient (Wildman–Crippen LogP) is 0.0315. The maximum absolute atomic E-state index is 13.5. The van der Waals surface area contributed by atoms with Crippen molar-refractivity contribution in [2.45, 2.75) is 25.9 Å². The second kappa shape index (κ2) is 6.67. The van der Waals surface area contributed by atoms with Crippen LogP contribution in [0.4, 0.5) is 4.39 Å². The van der Waals surface area contributed by atoms with E-state index in [1.807, 2.05) is 0 Å². The highest BCUT2D eigenvalue weighted by molar-refractivity contribution is 6.58. The van der Waals surface area contributed by atoms with E-state index in [9.17, 15) is 4.39 Å². The van der Waals surface area contributed by atoms with Gasteiger partial charge in [0.25, 0.3) is 0 Å². The Morgan fingerprint density at radius 1 is 1.35 bits per heavy atom. The van der Waals surface area contributed by atoms with E-state index in [-0.39, 0.29) is 5.46 Å². The van der Waals surface area contributed by atoms with Crippen LogP contribution in [0.15, 0.2) is 18.2 Å². The van der Waals surface area contributed by atoms with Crippen LogP contribution >= 0.6 is 0 Å². The van der Waals surface area contributed by atoms with Crippen molar-refractivity contribution in [2.75, 3.05) is 26.7 Å². The summed E-state index contributed by atoms with van der Waals surface area (Å²) < 4.78 is 13.5. The monoisotopic (exact) mass is 280 g/mol. The Kier molecular flexibility index (Phi) is 5.15. The molecule has 20 heavy (non-hydrogen) atoms. The van der Waals surface area contributed by atoms with E-state index < -0.39 is 12.9 Å². The first-order valence-electron chi connectivity index (χ1n) is 7.04. The van der Waals surface area contributed by atoms with Gasteiger partial charge in [-0.05, 0) is 38.6 Å². The SMILES string of the molecule is CC1CN(C)CCCN1Cc1ccc(F)c(B(O)O)c1. The quantitative estimate of drug-likeness (QED) is 0.767. The molecule has 0 aliphatic carbocycles. The van der Waals surface area contributed by atoms with Crippen LogP contribution in [0.5, 0.6) is 0 Å². The number of rotatable bonds is 3. The topological polar surface area (TPSA) is 46.9 Å². The molecule has 1 aromatic carbocycles. The van der Waals surface area contributed by atoms with E-state index in [2.05, 4.69) is 23.8 Å². The highest BCUT2D eigenvalue weighted by atomic mass is 19.1. The lowest BCUT2D eigenvalue weighted by Gasteiger charge is -2.28. The number of benzene rings is 1. The zero-order chi connectivity index (χ0) is 14.7. The molecule has 0 spiro atoms. The second-order valence-electron chi connectivity index (χ2n) is 5.66. The first-order chi connectivity index (χ1) is 9.47. The lowest BCUT2D eigenvalue weighted by molar-refractivity contribution is 0.194. The molecule has 0 radical (unpaired) electrons. The van der Waals surface area contributed by atoms with Gasteiger partial charge in [0.05, 0.1) is 0 Å². The molecule has 0 aromatic heterocycles. The van der Waals surface area contributed by atoms with Gasteiger partial charge in [-0.1, -0.05) is 12.1 Å². The summed E-state index contributed by atoms with van der Waals surface area (Å²) in [7, 11) is 0.362. The zero-order valence-electron chi connectivity index (χ0n) is 12.1. The summed E-state index contributed by atoms with van der Waals surface area (Å²) in [5.74, 6) is -0.576. The van der Waals surface area contributed by atoms with E-state index in [0.717, 1.165) is 31.6 Å². The fourth-order valence-corrected chi connectivity index (χ4v) is 2.78. The normalized spacial score (nSPS) is 21.8. The molecule has 0 bridgehead atoms. The summed E-state index contributed by atoms with van der Waals surface area (Å²) in [6.07, 6.45) is 1.11. The van der Waals surface area contributed by atoms with Crippen LogP contribution in [-0.2, 0) is 6.54 Å². The average Bonchev–Trinajstić information content (AvgIpc) is 2.53. The minimum Gasteiger partial charge on any atom is -0.423 e. The van der Waals surface area contributed by atoms with Crippen molar-refractivity contribution < 1.29 is 14.4 Å². The van der Waals surface area contributed by atoms with E-state index in [1.54, 1.807) is 12.1 Å². The molecule has 4 nitrogen and oxygen atoms in total. The standard InChI is InChI=1S/C14H22BFN2O2/c1-11-9-17(2)6-3-7-18(11)10-12-4-5-14(16)13(8-12)15(19)20/h4-5,8,11,19-20H,3,6-7,9-10H2,1-2H3. The minimum atomic E-state index is -1.76. The van der Waals surface area contributed by atoms with Gasteiger partial charge in [0.2, 0.25) is 0 Å². The molecule has 1 atom stereocenters. The van der Waals surface area contributed by atoms with Crippen LogP contribution in [0.25, 0.3) is 0 Å². The predicted molar refractivity (Wildman–Crippen MR) is 78.2 cm³/mol. The van der Waals surface area contributed by atoms with Gasteiger partial charge in [0, 0.05) is 31.1 Å². The van der Waals surface area contributed by atoms with Crippen molar-refractivity contribution >= 4 is 12.6 Å². The lowest BCUT2D eigenvalue weighted by Crippen LogP contribution is -2.38. The molecular weight excluding hydrogens is 258 g/mol. The van der Waals surface area contributed by atoms with Gasteiger partial charge in [0.15, 0.2) is 0 Å². The third-order valence-corrected chi connectivity index (χ3v) is 3.91. The Balaban J connectivity index is 2.11. The van der Waals surface area contributed by atoms with Crippen LogP contribution in [-0.4, -0.2) is 59.7 Å². The Hall–Kier alpha value is -0.945. The van der Waals surface area contributed by atoms with Gasteiger partial charge >= 0.3 is 7.12 Å². The highest BCUT2D eigenvalue weighted by Crippen LogP contribution is 2.13. The van der Waals surface area contributed by atoms with Gasteiger partial charge in [-0.15, -0.1) is 0 Å². The molecule has 1 aliphatic heterocycles. The molecule has 2 N–H and O–H groups in total. The number of halogens is 1. The molecule has 2 rings (SSSR count). The maximum Gasteiger partial charge on any atom is 0.491 e.